The Morgan fingerprint density at radius 2 is 1.91 bits per heavy atom. The van der Waals surface area contributed by atoms with Crippen LogP contribution in [0.4, 0.5) is 5.69 Å². The molecule has 7 heteroatoms. The first-order chi connectivity index (χ1) is 17.0. The van der Waals surface area contributed by atoms with Gasteiger partial charge in [-0.05, 0) is 49.0 Å². The van der Waals surface area contributed by atoms with Crippen LogP contribution in [0.25, 0.3) is 10.8 Å². The predicted molar refractivity (Wildman–Crippen MR) is 143 cm³/mol. The van der Waals surface area contributed by atoms with Crippen molar-refractivity contribution in [2.75, 3.05) is 31.6 Å². The van der Waals surface area contributed by atoms with Crippen molar-refractivity contribution >= 4 is 31.3 Å². The lowest BCUT2D eigenvalue weighted by Gasteiger charge is -2.17. The lowest BCUT2D eigenvalue weighted by molar-refractivity contribution is 0.315. The maximum absolute atomic E-state index is 13.7. The number of rotatable bonds is 10. The summed E-state index contributed by atoms with van der Waals surface area (Å²) in [6, 6.07) is 17.7. The average molecular weight is 490 g/mol. The van der Waals surface area contributed by atoms with E-state index in [1.165, 1.54) is 5.57 Å². The molecule has 0 bridgehead atoms. The summed E-state index contributed by atoms with van der Waals surface area (Å²) in [5.41, 5.74) is 2.12. The van der Waals surface area contributed by atoms with Crippen molar-refractivity contribution in [1.82, 2.24) is 5.32 Å². The molecule has 0 spiro atoms. The SMILES string of the molecule is CCNCCOc1ccc(NCC2=CC=CCC2)c(C(=N)S(=O)(=O)c2cccc3ccccc23)c1. The molecule has 1 aliphatic carbocycles. The van der Waals surface area contributed by atoms with E-state index in [0.717, 1.165) is 24.8 Å². The number of sulfone groups is 1. The molecule has 35 heavy (non-hydrogen) atoms. The Morgan fingerprint density at radius 1 is 1.09 bits per heavy atom. The van der Waals surface area contributed by atoms with Gasteiger partial charge in [0.05, 0.1) is 4.90 Å². The number of fused-ring (bicyclic) bond motifs is 1. The Bertz CT molecular complexity index is 1370. The van der Waals surface area contributed by atoms with Gasteiger partial charge in [0.15, 0.2) is 5.04 Å². The van der Waals surface area contributed by atoms with E-state index < -0.39 is 14.9 Å². The molecule has 0 aromatic heterocycles. The van der Waals surface area contributed by atoms with Gasteiger partial charge in [-0.3, -0.25) is 5.41 Å². The fourth-order valence-corrected chi connectivity index (χ4v) is 5.48. The van der Waals surface area contributed by atoms with Crippen molar-refractivity contribution in [3.8, 4) is 5.75 Å². The van der Waals surface area contributed by atoms with Crippen LogP contribution in [-0.2, 0) is 9.84 Å². The maximum atomic E-state index is 13.7. The Hall–Kier alpha value is -3.42. The molecule has 182 valence electrons. The molecule has 0 radical (unpaired) electrons. The Balaban J connectivity index is 1.68. The third-order valence-corrected chi connectivity index (χ3v) is 7.64. The number of hydrogen-bond acceptors (Lipinski definition) is 6. The van der Waals surface area contributed by atoms with Crippen LogP contribution in [-0.4, -0.2) is 39.7 Å². The third-order valence-electron chi connectivity index (χ3n) is 5.95. The van der Waals surface area contributed by atoms with Crippen molar-refractivity contribution in [2.24, 2.45) is 0 Å². The number of anilines is 1. The number of likely N-dealkylation sites (N-methyl/N-ethyl adjacent to an activating group) is 1. The summed E-state index contributed by atoms with van der Waals surface area (Å²) in [4.78, 5) is 0.130. The first kappa shape index (κ1) is 24.7. The molecule has 0 saturated carbocycles. The normalized spacial score (nSPS) is 13.5. The van der Waals surface area contributed by atoms with E-state index in [-0.39, 0.29) is 4.90 Å². The van der Waals surface area contributed by atoms with Crippen LogP contribution < -0.4 is 15.4 Å². The summed E-state index contributed by atoms with van der Waals surface area (Å²) < 4.78 is 33.2. The molecule has 3 aromatic carbocycles. The first-order valence-electron chi connectivity index (χ1n) is 11.9. The highest BCUT2D eigenvalue weighted by Gasteiger charge is 2.27. The molecule has 0 amide bonds. The van der Waals surface area contributed by atoms with E-state index in [2.05, 4.69) is 22.8 Å². The molecule has 1 aliphatic rings. The van der Waals surface area contributed by atoms with Gasteiger partial charge in [-0.25, -0.2) is 8.42 Å². The quantitative estimate of drug-likeness (QED) is 0.204. The van der Waals surface area contributed by atoms with Gasteiger partial charge in [-0.2, -0.15) is 0 Å². The molecule has 0 unspecified atom stereocenters. The first-order valence-corrected chi connectivity index (χ1v) is 13.4. The van der Waals surface area contributed by atoms with E-state index >= 15 is 0 Å². The van der Waals surface area contributed by atoms with E-state index in [1.54, 1.807) is 30.3 Å². The van der Waals surface area contributed by atoms with Crippen LogP contribution in [0.2, 0.25) is 0 Å². The minimum absolute atomic E-state index is 0.130. The number of hydrogen-bond donors (Lipinski definition) is 3. The van der Waals surface area contributed by atoms with Gasteiger partial charge >= 0.3 is 0 Å². The minimum Gasteiger partial charge on any atom is -0.492 e. The lowest BCUT2D eigenvalue weighted by atomic mass is 10.0. The topological polar surface area (TPSA) is 91.3 Å². The number of benzene rings is 3. The summed E-state index contributed by atoms with van der Waals surface area (Å²) in [7, 11) is -4.08. The molecule has 3 N–H and O–H groups in total. The van der Waals surface area contributed by atoms with Gasteiger partial charge in [0, 0.05) is 29.7 Å². The van der Waals surface area contributed by atoms with E-state index in [9.17, 15) is 8.42 Å². The van der Waals surface area contributed by atoms with Crippen molar-refractivity contribution in [1.29, 1.82) is 5.41 Å². The summed E-state index contributed by atoms with van der Waals surface area (Å²) in [6.07, 6.45) is 8.18. The predicted octanol–water partition coefficient (Wildman–Crippen LogP) is 5.32. The summed E-state index contributed by atoms with van der Waals surface area (Å²) in [5, 5.41) is 16.3. The Morgan fingerprint density at radius 3 is 2.71 bits per heavy atom. The second-order valence-electron chi connectivity index (χ2n) is 8.36. The van der Waals surface area contributed by atoms with Gasteiger partial charge < -0.3 is 15.4 Å². The van der Waals surface area contributed by atoms with Gasteiger partial charge in [0.25, 0.3) is 0 Å². The standard InChI is InChI=1S/C28H31N3O3S/c1-2-30-17-18-34-23-15-16-26(31-20-21-9-4-3-5-10-21)25(19-23)28(29)35(32,33)27-14-8-12-22-11-6-7-13-24(22)27/h3-4,6-9,11-16,19,29-31H,2,5,10,17-18,20H2,1H3. The summed E-state index contributed by atoms with van der Waals surface area (Å²) in [6.45, 7) is 4.58. The van der Waals surface area contributed by atoms with Crippen LogP contribution >= 0.6 is 0 Å². The molecule has 4 rings (SSSR count). The van der Waals surface area contributed by atoms with Gasteiger partial charge in [-0.1, -0.05) is 67.1 Å². The molecular weight excluding hydrogens is 458 g/mol. The van der Waals surface area contributed by atoms with E-state index in [1.807, 2.05) is 43.3 Å². The average Bonchev–Trinajstić information content (AvgIpc) is 2.90. The minimum atomic E-state index is -4.08. The van der Waals surface area contributed by atoms with Crippen molar-refractivity contribution in [3.63, 3.8) is 0 Å². The molecule has 0 fully saturated rings. The fourth-order valence-electron chi connectivity index (χ4n) is 4.07. The van der Waals surface area contributed by atoms with Crippen LogP contribution in [0.1, 0.15) is 25.3 Å². The number of ether oxygens (including phenoxy) is 1. The highest BCUT2D eigenvalue weighted by atomic mass is 32.2. The van der Waals surface area contributed by atoms with Crippen molar-refractivity contribution in [2.45, 2.75) is 24.7 Å². The van der Waals surface area contributed by atoms with Crippen LogP contribution in [0.15, 0.2) is 89.4 Å². The summed E-state index contributed by atoms with van der Waals surface area (Å²) in [5.74, 6) is 0.529. The molecular formula is C28H31N3O3S. The highest BCUT2D eigenvalue weighted by Crippen LogP contribution is 2.30. The highest BCUT2D eigenvalue weighted by molar-refractivity contribution is 8.07. The van der Waals surface area contributed by atoms with Gasteiger partial charge in [0.1, 0.15) is 12.4 Å². The van der Waals surface area contributed by atoms with Crippen molar-refractivity contribution < 1.29 is 13.2 Å². The molecule has 0 heterocycles. The van der Waals surface area contributed by atoms with Gasteiger partial charge in [0.2, 0.25) is 9.84 Å². The molecule has 0 aliphatic heterocycles. The Labute approximate surface area is 207 Å². The lowest BCUT2D eigenvalue weighted by Crippen LogP contribution is -2.21. The van der Waals surface area contributed by atoms with Crippen LogP contribution in [0.5, 0.6) is 5.75 Å². The Kier molecular flexibility index (Phi) is 8.00. The van der Waals surface area contributed by atoms with Crippen molar-refractivity contribution in [3.05, 3.63) is 90.0 Å². The van der Waals surface area contributed by atoms with E-state index in [4.69, 9.17) is 10.1 Å². The molecule has 0 saturated heterocycles. The molecule has 3 aromatic rings. The fraction of sp³-hybridized carbons (Fsp3) is 0.250. The monoisotopic (exact) mass is 489 g/mol. The second kappa shape index (κ2) is 11.3. The maximum Gasteiger partial charge on any atom is 0.224 e. The largest absolute Gasteiger partial charge is 0.492 e. The molecule has 6 nitrogen and oxygen atoms in total. The third kappa shape index (κ3) is 5.81. The smallest absolute Gasteiger partial charge is 0.224 e. The molecule has 0 atom stereocenters. The van der Waals surface area contributed by atoms with Crippen LogP contribution in [0, 0.1) is 5.41 Å². The zero-order valence-corrected chi connectivity index (χ0v) is 20.7. The van der Waals surface area contributed by atoms with Crippen LogP contribution in [0.3, 0.4) is 0 Å². The zero-order valence-electron chi connectivity index (χ0n) is 19.9. The number of nitrogens with one attached hydrogen (secondary N) is 3. The van der Waals surface area contributed by atoms with Gasteiger partial charge in [-0.15, -0.1) is 0 Å². The second-order valence-corrected chi connectivity index (χ2v) is 10.2. The van der Waals surface area contributed by atoms with E-state index in [0.29, 0.717) is 42.1 Å². The zero-order chi connectivity index (χ0) is 24.7. The number of allylic oxidation sites excluding steroid dienone is 3. The summed E-state index contributed by atoms with van der Waals surface area (Å²) >= 11 is 0.